The van der Waals surface area contributed by atoms with Crippen molar-refractivity contribution in [1.82, 2.24) is 10.9 Å². The highest BCUT2D eigenvalue weighted by molar-refractivity contribution is 6.01. The highest BCUT2D eigenvalue weighted by atomic mass is 16.5. The van der Waals surface area contributed by atoms with Gasteiger partial charge in [0, 0.05) is 18.7 Å². The second kappa shape index (κ2) is 8.56. The summed E-state index contributed by atoms with van der Waals surface area (Å²) in [5.74, 6) is -1.12. The Balaban J connectivity index is 1.59. The van der Waals surface area contributed by atoms with Crippen LogP contribution in [0, 0.1) is 5.92 Å². The van der Waals surface area contributed by atoms with E-state index in [1.165, 1.54) is 12.7 Å². The average molecular weight is 381 g/mol. The third-order valence-corrected chi connectivity index (χ3v) is 4.80. The lowest BCUT2D eigenvalue weighted by Gasteiger charge is -2.17. The first-order chi connectivity index (χ1) is 13.5. The van der Waals surface area contributed by atoms with Crippen molar-refractivity contribution in [3.05, 3.63) is 59.7 Å². The third kappa shape index (κ3) is 4.14. The number of carbonyl (C=O) groups is 3. The van der Waals surface area contributed by atoms with Gasteiger partial charge in [0.05, 0.1) is 18.6 Å². The molecule has 7 nitrogen and oxygen atoms in total. The number of hydrogen-bond acceptors (Lipinski definition) is 4. The number of para-hydroxylation sites is 1. The minimum atomic E-state index is -0.531. The summed E-state index contributed by atoms with van der Waals surface area (Å²) >= 11 is 0. The summed E-state index contributed by atoms with van der Waals surface area (Å²) in [6.07, 6.45) is 1.02. The third-order valence-electron chi connectivity index (χ3n) is 4.80. The highest BCUT2D eigenvalue weighted by Gasteiger charge is 2.35. The number of hydrazine groups is 1. The smallest absolute Gasteiger partial charge is 0.273 e. The number of ether oxygens (including phenoxy) is 1. The van der Waals surface area contributed by atoms with Crippen LogP contribution in [0.5, 0.6) is 5.75 Å². The van der Waals surface area contributed by atoms with Crippen molar-refractivity contribution in [3.63, 3.8) is 0 Å². The number of anilines is 1. The zero-order chi connectivity index (χ0) is 20.1. The summed E-state index contributed by atoms with van der Waals surface area (Å²) in [5.41, 5.74) is 7.07. The molecule has 1 fully saturated rings. The van der Waals surface area contributed by atoms with E-state index in [2.05, 4.69) is 17.8 Å². The number of aryl methyl sites for hydroxylation is 1. The van der Waals surface area contributed by atoms with E-state index in [9.17, 15) is 14.4 Å². The van der Waals surface area contributed by atoms with E-state index >= 15 is 0 Å². The Bertz CT molecular complexity index is 879. The molecular formula is C21H23N3O4. The van der Waals surface area contributed by atoms with Crippen LogP contribution in [0.4, 0.5) is 5.69 Å². The maximum atomic E-state index is 12.4. The lowest BCUT2D eigenvalue weighted by molar-refractivity contribution is -0.126. The van der Waals surface area contributed by atoms with Crippen molar-refractivity contribution in [1.29, 1.82) is 0 Å². The summed E-state index contributed by atoms with van der Waals surface area (Å²) in [5, 5.41) is 0. The molecule has 0 aromatic heterocycles. The average Bonchev–Trinajstić information content (AvgIpc) is 3.13. The first-order valence-corrected chi connectivity index (χ1v) is 9.16. The topological polar surface area (TPSA) is 87.7 Å². The summed E-state index contributed by atoms with van der Waals surface area (Å²) < 4.78 is 5.14. The van der Waals surface area contributed by atoms with Crippen LogP contribution in [0.1, 0.15) is 29.3 Å². The van der Waals surface area contributed by atoms with E-state index in [4.69, 9.17) is 4.74 Å². The van der Waals surface area contributed by atoms with Crippen LogP contribution in [0.25, 0.3) is 0 Å². The molecule has 1 aliphatic heterocycles. The molecule has 0 unspecified atom stereocenters. The molecule has 2 N–H and O–H groups in total. The molecule has 3 amide bonds. The van der Waals surface area contributed by atoms with Crippen LogP contribution >= 0.6 is 0 Å². The molecule has 146 valence electrons. The number of benzene rings is 2. The molecular weight excluding hydrogens is 358 g/mol. The van der Waals surface area contributed by atoms with E-state index in [-0.39, 0.29) is 18.9 Å². The molecule has 28 heavy (non-hydrogen) atoms. The van der Waals surface area contributed by atoms with Gasteiger partial charge in [-0.05, 0) is 36.2 Å². The van der Waals surface area contributed by atoms with Gasteiger partial charge in [0.15, 0.2) is 0 Å². The van der Waals surface area contributed by atoms with Gasteiger partial charge >= 0.3 is 0 Å². The first kappa shape index (κ1) is 19.4. The van der Waals surface area contributed by atoms with Crippen LogP contribution in [-0.4, -0.2) is 31.4 Å². The van der Waals surface area contributed by atoms with Gasteiger partial charge in [-0.2, -0.15) is 0 Å². The van der Waals surface area contributed by atoms with E-state index in [1.807, 2.05) is 24.3 Å². The SMILES string of the molecule is CCc1ccc(N2C[C@H](C(=O)NNC(=O)c3ccccc3OC)CC2=O)cc1. The van der Waals surface area contributed by atoms with Gasteiger partial charge in [-0.15, -0.1) is 0 Å². The molecule has 3 rings (SSSR count). The largest absolute Gasteiger partial charge is 0.496 e. The highest BCUT2D eigenvalue weighted by Crippen LogP contribution is 2.25. The molecule has 1 atom stereocenters. The summed E-state index contributed by atoms with van der Waals surface area (Å²) in [4.78, 5) is 38.6. The number of nitrogens with zero attached hydrogens (tertiary/aromatic N) is 1. The number of rotatable bonds is 5. The number of methoxy groups -OCH3 is 1. The van der Waals surface area contributed by atoms with E-state index in [1.54, 1.807) is 29.2 Å². The Morgan fingerprint density at radius 1 is 1.11 bits per heavy atom. The number of carbonyl (C=O) groups excluding carboxylic acids is 3. The van der Waals surface area contributed by atoms with Crippen molar-refractivity contribution in [3.8, 4) is 5.75 Å². The summed E-state index contributed by atoms with van der Waals surface area (Å²) in [7, 11) is 1.47. The van der Waals surface area contributed by atoms with Crippen LogP contribution < -0.4 is 20.5 Å². The van der Waals surface area contributed by atoms with Crippen LogP contribution in [-0.2, 0) is 16.0 Å². The van der Waals surface area contributed by atoms with Gasteiger partial charge in [0.1, 0.15) is 5.75 Å². The van der Waals surface area contributed by atoms with Crippen molar-refractivity contribution < 1.29 is 19.1 Å². The van der Waals surface area contributed by atoms with Gasteiger partial charge in [0.2, 0.25) is 11.8 Å². The second-order valence-corrected chi connectivity index (χ2v) is 6.57. The van der Waals surface area contributed by atoms with E-state index in [0.717, 1.165) is 12.1 Å². The Morgan fingerprint density at radius 3 is 2.50 bits per heavy atom. The standard InChI is InChI=1S/C21H23N3O4/c1-3-14-8-10-16(11-9-14)24-13-15(12-19(24)25)20(26)22-23-21(27)17-6-4-5-7-18(17)28-2/h4-11,15H,3,12-13H2,1-2H3,(H,22,26)(H,23,27)/t15-/m1/s1. The zero-order valence-electron chi connectivity index (χ0n) is 15.9. The fourth-order valence-electron chi connectivity index (χ4n) is 3.16. The lowest BCUT2D eigenvalue weighted by Crippen LogP contribution is -2.45. The van der Waals surface area contributed by atoms with Gasteiger partial charge in [-0.1, -0.05) is 31.2 Å². The molecule has 0 aliphatic carbocycles. The minimum Gasteiger partial charge on any atom is -0.496 e. The van der Waals surface area contributed by atoms with Gasteiger partial charge < -0.3 is 9.64 Å². The number of hydrogen-bond donors (Lipinski definition) is 2. The van der Waals surface area contributed by atoms with Gasteiger partial charge in [-0.3, -0.25) is 25.2 Å². The Kier molecular flexibility index (Phi) is 5.93. The lowest BCUT2D eigenvalue weighted by atomic mass is 10.1. The van der Waals surface area contributed by atoms with Gasteiger partial charge in [-0.25, -0.2) is 0 Å². The zero-order valence-corrected chi connectivity index (χ0v) is 15.9. The first-order valence-electron chi connectivity index (χ1n) is 9.16. The molecule has 1 saturated heterocycles. The number of amides is 3. The molecule has 0 saturated carbocycles. The molecule has 0 bridgehead atoms. The van der Waals surface area contributed by atoms with Crippen LogP contribution in [0.2, 0.25) is 0 Å². The van der Waals surface area contributed by atoms with Gasteiger partial charge in [0.25, 0.3) is 5.91 Å². The molecule has 0 spiro atoms. The van der Waals surface area contributed by atoms with E-state index in [0.29, 0.717) is 11.3 Å². The van der Waals surface area contributed by atoms with Crippen molar-refractivity contribution in [2.45, 2.75) is 19.8 Å². The number of nitrogens with one attached hydrogen (secondary N) is 2. The molecule has 2 aromatic rings. The van der Waals surface area contributed by atoms with E-state index < -0.39 is 17.7 Å². The molecule has 1 heterocycles. The molecule has 2 aromatic carbocycles. The second-order valence-electron chi connectivity index (χ2n) is 6.57. The summed E-state index contributed by atoms with van der Waals surface area (Å²) in [6, 6.07) is 14.4. The monoisotopic (exact) mass is 381 g/mol. The predicted octanol–water partition coefficient (Wildman–Crippen LogP) is 2.07. The molecule has 0 radical (unpaired) electrons. The predicted molar refractivity (Wildman–Crippen MR) is 105 cm³/mol. The molecule has 1 aliphatic rings. The summed E-state index contributed by atoms with van der Waals surface area (Å²) in [6.45, 7) is 2.34. The Morgan fingerprint density at radius 2 is 1.82 bits per heavy atom. The molecule has 7 heteroatoms. The maximum Gasteiger partial charge on any atom is 0.273 e. The Hall–Kier alpha value is -3.35. The minimum absolute atomic E-state index is 0.103. The quantitative estimate of drug-likeness (QED) is 0.776. The van der Waals surface area contributed by atoms with Crippen molar-refractivity contribution >= 4 is 23.4 Å². The van der Waals surface area contributed by atoms with Crippen molar-refractivity contribution in [2.24, 2.45) is 5.92 Å². The fraction of sp³-hybridized carbons (Fsp3) is 0.286. The van der Waals surface area contributed by atoms with Crippen LogP contribution in [0.15, 0.2) is 48.5 Å². The fourth-order valence-corrected chi connectivity index (χ4v) is 3.16. The maximum absolute atomic E-state index is 12.4. The van der Waals surface area contributed by atoms with Crippen molar-refractivity contribution in [2.75, 3.05) is 18.6 Å². The van der Waals surface area contributed by atoms with Crippen LogP contribution in [0.3, 0.4) is 0 Å². The normalized spacial score (nSPS) is 16.0. The Labute approximate surface area is 163 Å².